The van der Waals surface area contributed by atoms with Crippen LogP contribution < -0.4 is 10.6 Å². The van der Waals surface area contributed by atoms with Crippen molar-refractivity contribution in [2.24, 2.45) is 4.99 Å². The first-order chi connectivity index (χ1) is 10.5. The fraction of sp³-hybridized carbons (Fsp3) is 0.933. The van der Waals surface area contributed by atoms with Crippen LogP contribution in [0.4, 0.5) is 0 Å². The molecule has 23 heavy (non-hydrogen) atoms. The van der Waals surface area contributed by atoms with Crippen LogP contribution in [0.15, 0.2) is 4.99 Å². The molecule has 0 aromatic carbocycles. The van der Waals surface area contributed by atoms with Gasteiger partial charge in [0, 0.05) is 45.0 Å². The molecular formula is C15H31IN4O2S. The highest BCUT2D eigenvalue weighted by Crippen LogP contribution is 2.26. The van der Waals surface area contributed by atoms with E-state index >= 15 is 0 Å². The molecule has 0 spiro atoms. The minimum Gasteiger partial charge on any atom is -0.356 e. The Morgan fingerprint density at radius 2 is 1.96 bits per heavy atom. The van der Waals surface area contributed by atoms with E-state index < -0.39 is 9.84 Å². The molecule has 2 aliphatic rings. The second kappa shape index (κ2) is 10.0. The Balaban J connectivity index is 0.00000264. The molecule has 1 atom stereocenters. The normalized spacial score (nSPS) is 23.7. The van der Waals surface area contributed by atoms with E-state index in [1.54, 1.807) is 7.05 Å². The molecule has 1 aliphatic carbocycles. The summed E-state index contributed by atoms with van der Waals surface area (Å²) in [6.07, 6.45) is 8.50. The number of nitrogens with zero attached hydrogens (tertiary/aromatic N) is 2. The maximum absolute atomic E-state index is 11.1. The van der Waals surface area contributed by atoms with Crippen molar-refractivity contribution in [1.29, 1.82) is 0 Å². The van der Waals surface area contributed by atoms with Gasteiger partial charge in [-0.25, -0.2) is 8.42 Å². The maximum Gasteiger partial charge on any atom is 0.191 e. The van der Waals surface area contributed by atoms with Gasteiger partial charge in [0.2, 0.25) is 0 Å². The SMILES string of the molecule is CN=C(NCCCS(C)(=O)=O)NC1CCN(C2CCCC2)C1.I. The van der Waals surface area contributed by atoms with Gasteiger partial charge in [-0.15, -0.1) is 24.0 Å². The second-order valence-corrected chi connectivity index (χ2v) is 8.81. The Bertz CT molecular complexity index is 478. The number of rotatable bonds is 6. The summed E-state index contributed by atoms with van der Waals surface area (Å²) >= 11 is 0. The van der Waals surface area contributed by atoms with Crippen LogP contribution in [-0.2, 0) is 9.84 Å². The first kappa shape index (κ1) is 21.0. The second-order valence-electron chi connectivity index (χ2n) is 6.55. The Labute approximate surface area is 157 Å². The molecule has 0 aromatic rings. The van der Waals surface area contributed by atoms with Gasteiger partial charge in [0.25, 0.3) is 0 Å². The van der Waals surface area contributed by atoms with Crippen LogP contribution in [0.1, 0.15) is 38.5 Å². The van der Waals surface area contributed by atoms with Crippen LogP contribution in [0.2, 0.25) is 0 Å². The van der Waals surface area contributed by atoms with E-state index in [2.05, 4.69) is 20.5 Å². The first-order valence-electron chi connectivity index (χ1n) is 8.37. The number of sulfone groups is 1. The van der Waals surface area contributed by atoms with Gasteiger partial charge in [-0.3, -0.25) is 9.89 Å². The number of hydrogen-bond acceptors (Lipinski definition) is 4. The highest BCUT2D eigenvalue weighted by atomic mass is 127. The summed E-state index contributed by atoms with van der Waals surface area (Å²) in [5, 5.41) is 6.67. The minimum atomic E-state index is -2.87. The van der Waals surface area contributed by atoms with E-state index in [9.17, 15) is 8.42 Å². The summed E-state index contributed by atoms with van der Waals surface area (Å²) < 4.78 is 22.2. The third kappa shape index (κ3) is 7.55. The van der Waals surface area contributed by atoms with Crippen LogP contribution in [0.3, 0.4) is 0 Å². The van der Waals surface area contributed by atoms with Crippen molar-refractivity contribution in [2.45, 2.75) is 50.6 Å². The molecule has 1 saturated heterocycles. The molecule has 2 N–H and O–H groups in total. The zero-order valence-electron chi connectivity index (χ0n) is 14.3. The van der Waals surface area contributed by atoms with Gasteiger partial charge in [-0.05, 0) is 25.7 Å². The third-order valence-corrected chi connectivity index (χ3v) is 5.64. The lowest BCUT2D eigenvalue weighted by Crippen LogP contribution is -2.45. The molecule has 1 unspecified atom stereocenters. The van der Waals surface area contributed by atoms with Gasteiger partial charge in [0.15, 0.2) is 5.96 Å². The predicted molar refractivity (Wildman–Crippen MR) is 106 cm³/mol. The number of hydrogen-bond donors (Lipinski definition) is 2. The molecule has 0 aromatic heterocycles. The average molecular weight is 458 g/mol. The average Bonchev–Trinajstić information content (AvgIpc) is 3.11. The molecule has 2 fully saturated rings. The lowest BCUT2D eigenvalue weighted by Gasteiger charge is -2.24. The maximum atomic E-state index is 11.1. The van der Waals surface area contributed by atoms with Crippen LogP contribution in [0, 0.1) is 0 Å². The van der Waals surface area contributed by atoms with Crippen LogP contribution in [-0.4, -0.2) is 70.1 Å². The van der Waals surface area contributed by atoms with Gasteiger partial charge >= 0.3 is 0 Å². The van der Waals surface area contributed by atoms with Crippen molar-refractivity contribution in [1.82, 2.24) is 15.5 Å². The van der Waals surface area contributed by atoms with E-state index in [1.165, 1.54) is 38.5 Å². The zero-order valence-corrected chi connectivity index (χ0v) is 17.4. The molecule has 0 bridgehead atoms. The Kier molecular flexibility index (Phi) is 9.13. The quantitative estimate of drug-likeness (QED) is 0.271. The number of likely N-dealkylation sites (tertiary alicyclic amines) is 1. The summed E-state index contributed by atoms with van der Waals surface area (Å²) in [6, 6.07) is 1.23. The molecular weight excluding hydrogens is 427 g/mol. The molecule has 0 amide bonds. The zero-order chi connectivity index (χ0) is 16.0. The lowest BCUT2D eigenvalue weighted by molar-refractivity contribution is 0.242. The fourth-order valence-electron chi connectivity index (χ4n) is 3.44. The fourth-order valence-corrected chi connectivity index (χ4v) is 4.10. The Morgan fingerprint density at radius 3 is 2.57 bits per heavy atom. The first-order valence-corrected chi connectivity index (χ1v) is 10.4. The van der Waals surface area contributed by atoms with Gasteiger partial charge in [-0.1, -0.05) is 12.8 Å². The smallest absolute Gasteiger partial charge is 0.191 e. The van der Waals surface area contributed by atoms with Crippen molar-refractivity contribution >= 4 is 39.8 Å². The summed E-state index contributed by atoms with van der Waals surface area (Å²) in [6.45, 7) is 2.90. The number of aliphatic imine (C=N–C) groups is 1. The van der Waals surface area contributed by atoms with Gasteiger partial charge in [-0.2, -0.15) is 0 Å². The van der Waals surface area contributed by atoms with Gasteiger partial charge < -0.3 is 10.6 Å². The Morgan fingerprint density at radius 1 is 1.26 bits per heavy atom. The summed E-state index contributed by atoms with van der Waals surface area (Å²) in [5.74, 6) is 1.00. The van der Waals surface area contributed by atoms with E-state index in [1.807, 2.05) is 0 Å². The summed E-state index contributed by atoms with van der Waals surface area (Å²) in [4.78, 5) is 6.85. The molecule has 1 aliphatic heterocycles. The molecule has 8 heteroatoms. The largest absolute Gasteiger partial charge is 0.356 e. The lowest BCUT2D eigenvalue weighted by atomic mass is 10.2. The summed E-state index contributed by atoms with van der Waals surface area (Å²) in [5.41, 5.74) is 0. The van der Waals surface area contributed by atoms with Crippen LogP contribution in [0.5, 0.6) is 0 Å². The van der Waals surface area contributed by atoms with Crippen molar-refractivity contribution in [3.63, 3.8) is 0 Å². The molecule has 2 rings (SSSR count). The van der Waals surface area contributed by atoms with Crippen molar-refractivity contribution in [2.75, 3.05) is 38.7 Å². The van der Waals surface area contributed by atoms with Crippen molar-refractivity contribution in [3.05, 3.63) is 0 Å². The van der Waals surface area contributed by atoms with E-state index in [4.69, 9.17) is 0 Å². The third-order valence-electron chi connectivity index (χ3n) is 4.61. The number of nitrogens with one attached hydrogen (secondary N) is 2. The highest BCUT2D eigenvalue weighted by Gasteiger charge is 2.30. The molecule has 0 radical (unpaired) electrons. The van der Waals surface area contributed by atoms with E-state index in [-0.39, 0.29) is 29.7 Å². The molecule has 6 nitrogen and oxygen atoms in total. The summed E-state index contributed by atoms with van der Waals surface area (Å²) in [7, 11) is -1.12. The number of guanidine groups is 1. The van der Waals surface area contributed by atoms with Crippen LogP contribution >= 0.6 is 24.0 Å². The van der Waals surface area contributed by atoms with E-state index in [0.717, 1.165) is 25.0 Å². The monoisotopic (exact) mass is 458 g/mol. The standard InChI is InChI=1S/C15H30N4O2S.HI/c1-16-15(17-9-5-11-22(2,20)21)18-13-8-10-19(12-13)14-6-3-4-7-14;/h13-14H,3-12H2,1-2H3,(H2,16,17,18);1H. The van der Waals surface area contributed by atoms with Crippen LogP contribution in [0.25, 0.3) is 0 Å². The molecule has 1 saturated carbocycles. The minimum absolute atomic E-state index is 0. The van der Waals surface area contributed by atoms with Gasteiger partial charge in [0.1, 0.15) is 9.84 Å². The topological polar surface area (TPSA) is 73.8 Å². The molecule has 1 heterocycles. The van der Waals surface area contributed by atoms with Crippen molar-refractivity contribution in [3.8, 4) is 0 Å². The molecule has 136 valence electrons. The highest BCUT2D eigenvalue weighted by molar-refractivity contribution is 14.0. The van der Waals surface area contributed by atoms with Crippen molar-refractivity contribution < 1.29 is 8.42 Å². The predicted octanol–water partition coefficient (Wildman–Crippen LogP) is 1.22. The van der Waals surface area contributed by atoms with E-state index in [0.29, 0.717) is 19.0 Å². The Hall–Kier alpha value is -0.0900. The number of halogens is 1. The van der Waals surface area contributed by atoms with Gasteiger partial charge in [0.05, 0.1) is 5.75 Å².